The first-order chi connectivity index (χ1) is 9.89. The van der Waals surface area contributed by atoms with Gasteiger partial charge in [0.25, 0.3) is 5.91 Å². The van der Waals surface area contributed by atoms with Gasteiger partial charge in [-0.3, -0.25) is 9.59 Å². The Morgan fingerprint density at radius 2 is 1.90 bits per heavy atom. The number of piperazine rings is 1. The van der Waals surface area contributed by atoms with Gasteiger partial charge in [-0.2, -0.15) is 0 Å². The molecule has 0 atom stereocenters. The lowest BCUT2D eigenvalue weighted by Crippen LogP contribution is -2.48. The SMILES string of the molecule is CC(C)(C)Nc1cc(C(=O)N2CCN(C=O)CC2)ncn1. The predicted molar refractivity (Wildman–Crippen MR) is 78.9 cm³/mol. The fourth-order valence-corrected chi connectivity index (χ4v) is 2.12. The summed E-state index contributed by atoms with van der Waals surface area (Å²) in [5, 5.41) is 3.22. The van der Waals surface area contributed by atoms with Gasteiger partial charge in [-0.15, -0.1) is 0 Å². The molecule has 0 aromatic carbocycles. The van der Waals surface area contributed by atoms with Crippen LogP contribution in [0.25, 0.3) is 0 Å². The third kappa shape index (κ3) is 4.14. The number of amides is 2. The van der Waals surface area contributed by atoms with Crippen LogP contribution >= 0.6 is 0 Å². The third-order valence-corrected chi connectivity index (χ3v) is 3.14. The van der Waals surface area contributed by atoms with E-state index >= 15 is 0 Å². The van der Waals surface area contributed by atoms with Crippen LogP contribution in [0.15, 0.2) is 12.4 Å². The van der Waals surface area contributed by atoms with Crippen LogP contribution in [0.5, 0.6) is 0 Å². The highest BCUT2D eigenvalue weighted by atomic mass is 16.2. The van der Waals surface area contributed by atoms with Gasteiger partial charge in [-0.1, -0.05) is 0 Å². The van der Waals surface area contributed by atoms with Gasteiger partial charge in [0.1, 0.15) is 17.8 Å². The molecule has 1 aliphatic rings. The molecule has 2 rings (SSSR count). The van der Waals surface area contributed by atoms with Crippen LogP contribution in [0.4, 0.5) is 5.82 Å². The minimum atomic E-state index is -0.135. The second-order valence-electron chi connectivity index (χ2n) is 6.10. The average Bonchev–Trinajstić information content (AvgIpc) is 2.45. The molecule has 1 aromatic heterocycles. The Labute approximate surface area is 124 Å². The number of nitrogens with one attached hydrogen (secondary N) is 1. The normalized spacial score (nSPS) is 15.8. The number of nitrogens with zero attached hydrogens (tertiary/aromatic N) is 4. The number of hydrogen-bond donors (Lipinski definition) is 1. The van der Waals surface area contributed by atoms with Gasteiger partial charge in [0.05, 0.1) is 0 Å². The summed E-state index contributed by atoms with van der Waals surface area (Å²) in [7, 11) is 0. The van der Waals surface area contributed by atoms with Crippen molar-refractivity contribution in [2.75, 3.05) is 31.5 Å². The van der Waals surface area contributed by atoms with E-state index in [1.807, 2.05) is 20.8 Å². The van der Waals surface area contributed by atoms with Gasteiger partial charge in [0, 0.05) is 37.8 Å². The summed E-state index contributed by atoms with van der Waals surface area (Å²) < 4.78 is 0. The second kappa shape index (κ2) is 6.07. The first-order valence-electron chi connectivity index (χ1n) is 6.98. The molecular weight excluding hydrogens is 270 g/mol. The number of carbonyl (C=O) groups is 2. The van der Waals surface area contributed by atoms with Crippen molar-refractivity contribution in [3.05, 3.63) is 18.1 Å². The van der Waals surface area contributed by atoms with Gasteiger partial charge in [-0.25, -0.2) is 9.97 Å². The van der Waals surface area contributed by atoms with E-state index in [1.165, 1.54) is 6.33 Å². The maximum atomic E-state index is 12.4. The molecule has 0 bridgehead atoms. The molecule has 1 saturated heterocycles. The Balaban J connectivity index is 2.06. The Morgan fingerprint density at radius 1 is 1.24 bits per heavy atom. The summed E-state index contributed by atoms with van der Waals surface area (Å²) in [6, 6.07) is 1.67. The van der Waals surface area contributed by atoms with E-state index in [4.69, 9.17) is 0 Å². The first-order valence-corrected chi connectivity index (χ1v) is 6.98. The van der Waals surface area contributed by atoms with E-state index in [1.54, 1.807) is 15.9 Å². The van der Waals surface area contributed by atoms with Crippen molar-refractivity contribution >= 4 is 18.1 Å². The minimum absolute atomic E-state index is 0.125. The molecule has 0 aliphatic carbocycles. The van der Waals surface area contributed by atoms with Crippen LogP contribution in [0.3, 0.4) is 0 Å². The van der Waals surface area contributed by atoms with E-state index in [9.17, 15) is 9.59 Å². The molecular formula is C14H21N5O2. The second-order valence-corrected chi connectivity index (χ2v) is 6.10. The van der Waals surface area contributed by atoms with Gasteiger partial charge in [0.2, 0.25) is 6.41 Å². The van der Waals surface area contributed by atoms with Crippen LogP contribution < -0.4 is 5.32 Å². The van der Waals surface area contributed by atoms with Crippen molar-refractivity contribution in [3.8, 4) is 0 Å². The molecule has 1 aliphatic heterocycles. The van der Waals surface area contributed by atoms with Crippen molar-refractivity contribution < 1.29 is 9.59 Å². The summed E-state index contributed by atoms with van der Waals surface area (Å²) in [6.45, 7) is 8.26. The lowest BCUT2D eigenvalue weighted by Gasteiger charge is -2.32. The fraction of sp³-hybridized carbons (Fsp3) is 0.571. The first kappa shape index (κ1) is 15.2. The van der Waals surface area contributed by atoms with Crippen molar-refractivity contribution in [1.82, 2.24) is 19.8 Å². The monoisotopic (exact) mass is 291 g/mol. The molecule has 1 aromatic rings. The smallest absolute Gasteiger partial charge is 0.272 e. The molecule has 21 heavy (non-hydrogen) atoms. The van der Waals surface area contributed by atoms with Crippen LogP contribution in [0, 0.1) is 0 Å². The van der Waals surface area contributed by atoms with Crippen LogP contribution in [-0.4, -0.2) is 63.8 Å². The molecule has 7 nitrogen and oxygen atoms in total. The van der Waals surface area contributed by atoms with Gasteiger partial charge in [0.15, 0.2) is 0 Å². The summed E-state index contributed by atoms with van der Waals surface area (Å²) >= 11 is 0. The van der Waals surface area contributed by atoms with Crippen LogP contribution in [-0.2, 0) is 4.79 Å². The van der Waals surface area contributed by atoms with E-state index in [0.717, 1.165) is 6.41 Å². The maximum Gasteiger partial charge on any atom is 0.272 e. The fourth-order valence-electron chi connectivity index (χ4n) is 2.12. The summed E-state index contributed by atoms with van der Waals surface area (Å²) in [5.41, 5.74) is 0.237. The Bertz CT molecular complexity index is 518. The molecule has 0 spiro atoms. The quantitative estimate of drug-likeness (QED) is 0.825. The molecule has 0 unspecified atom stereocenters. The standard InChI is InChI=1S/C14H21N5O2/c1-14(2,3)17-12-8-11(15-9-16-12)13(21)19-6-4-18(10-20)5-7-19/h8-10H,4-7H2,1-3H3,(H,15,16,17). The predicted octanol–water partition coefficient (Wildman–Crippen LogP) is 0.601. The van der Waals surface area contributed by atoms with E-state index < -0.39 is 0 Å². The van der Waals surface area contributed by atoms with Gasteiger partial charge >= 0.3 is 0 Å². The maximum absolute atomic E-state index is 12.4. The lowest BCUT2D eigenvalue weighted by molar-refractivity contribution is -0.119. The van der Waals surface area contributed by atoms with Crippen molar-refractivity contribution in [3.63, 3.8) is 0 Å². The highest BCUT2D eigenvalue weighted by Gasteiger charge is 2.23. The third-order valence-electron chi connectivity index (χ3n) is 3.14. The number of anilines is 1. The summed E-state index contributed by atoms with van der Waals surface area (Å²) in [5.74, 6) is 0.507. The molecule has 1 N–H and O–H groups in total. The van der Waals surface area contributed by atoms with Crippen LogP contribution in [0.2, 0.25) is 0 Å². The van der Waals surface area contributed by atoms with E-state index in [-0.39, 0.29) is 11.4 Å². The zero-order chi connectivity index (χ0) is 15.5. The van der Waals surface area contributed by atoms with Gasteiger partial charge < -0.3 is 15.1 Å². The zero-order valence-corrected chi connectivity index (χ0v) is 12.7. The minimum Gasteiger partial charge on any atom is -0.365 e. The van der Waals surface area contributed by atoms with Crippen molar-refractivity contribution in [1.29, 1.82) is 0 Å². The molecule has 1 fully saturated rings. The average molecular weight is 291 g/mol. The highest BCUT2D eigenvalue weighted by molar-refractivity contribution is 5.93. The van der Waals surface area contributed by atoms with Gasteiger partial charge in [-0.05, 0) is 20.8 Å². The Morgan fingerprint density at radius 3 is 2.48 bits per heavy atom. The Kier molecular flexibility index (Phi) is 4.40. The molecule has 7 heteroatoms. The number of carbonyl (C=O) groups excluding carboxylic acids is 2. The topological polar surface area (TPSA) is 78.4 Å². The largest absolute Gasteiger partial charge is 0.365 e. The molecule has 2 heterocycles. The van der Waals surface area contributed by atoms with E-state index in [2.05, 4.69) is 15.3 Å². The van der Waals surface area contributed by atoms with Crippen LogP contribution in [0.1, 0.15) is 31.3 Å². The summed E-state index contributed by atoms with van der Waals surface area (Å²) in [4.78, 5) is 34.7. The molecule has 0 radical (unpaired) electrons. The number of aromatic nitrogens is 2. The number of hydrogen-bond acceptors (Lipinski definition) is 5. The van der Waals surface area contributed by atoms with Crippen molar-refractivity contribution in [2.45, 2.75) is 26.3 Å². The lowest BCUT2D eigenvalue weighted by atomic mass is 10.1. The molecule has 0 saturated carbocycles. The summed E-state index contributed by atoms with van der Waals surface area (Å²) in [6.07, 6.45) is 2.21. The number of rotatable bonds is 3. The molecule has 114 valence electrons. The van der Waals surface area contributed by atoms with Crippen molar-refractivity contribution in [2.24, 2.45) is 0 Å². The zero-order valence-electron chi connectivity index (χ0n) is 12.7. The molecule has 2 amide bonds. The Hall–Kier alpha value is -2.18. The highest BCUT2D eigenvalue weighted by Crippen LogP contribution is 2.13. The van der Waals surface area contributed by atoms with E-state index in [0.29, 0.717) is 37.7 Å².